The molecule has 2 aromatic carbocycles. The lowest BCUT2D eigenvalue weighted by molar-refractivity contribution is -0.138. The standard InChI is InChI=1S/C19H15F3O4/c1-26-17-9-7-13(10-14(17)11-18(24)25)16(23)8-6-12-4-2-3-5-15(12)19(20,21)22/h2-10H,11H2,1H3,(H,24,25)/b8-6+. The average Bonchev–Trinajstić information content (AvgIpc) is 2.58. The second kappa shape index (κ2) is 7.86. The number of carboxylic acids is 1. The molecule has 2 rings (SSSR count). The summed E-state index contributed by atoms with van der Waals surface area (Å²) in [6.45, 7) is 0. The molecule has 26 heavy (non-hydrogen) atoms. The van der Waals surface area contributed by atoms with Crippen LogP contribution in [0.5, 0.6) is 5.75 Å². The fourth-order valence-electron chi connectivity index (χ4n) is 2.40. The number of halogens is 3. The van der Waals surface area contributed by atoms with Crippen LogP contribution in [0, 0.1) is 0 Å². The zero-order valence-corrected chi connectivity index (χ0v) is 13.7. The summed E-state index contributed by atoms with van der Waals surface area (Å²) in [5, 5.41) is 8.91. The van der Waals surface area contributed by atoms with Gasteiger partial charge in [-0.25, -0.2) is 0 Å². The number of carboxylic acid groups (broad SMARTS) is 1. The van der Waals surface area contributed by atoms with Crippen molar-refractivity contribution in [3.63, 3.8) is 0 Å². The first-order valence-electron chi connectivity index (χ1n) is 7.49. The summed E-state index contributed by atoms with van der Waals surface area (Å²) in [6.07, 6.45) is -2.76. The quantitative estimate of drug-likeness (QED) is 0.615. The zero-order chi connectivity index (χ0) is 19.3. The van der Waals surface area contributed by atoms with Gasteiger partial charge in [0, 0.05) is 11.1 Å². The molecule has 0 saturated heterocycles. The number of methoxy groups -OCH3 is 1. The van der Waals surface area contributed by atoms with Gasteiger partial charge in [-0.05, 0) is 35.9 Å². The molecule has 0 unspecified atom stereocenters. The monoisotopic (exact) mass is 364 g/mol. The van der Waals surface area contributed by atoms with Crippen molar-refractivity contribution >= 4 is 17.8 Å². The van der Waals surface area contributed by atoms with E-state index < -0.39 is 23.5 Å². The third-order valence-electron chi connectivity index (χ3n) is 3.59. The maximum atomic E-state index is 13.0. The van der Waals surface area contributed by atoms with E-state index in [4.69, 9.17) is 9.84 Å². The van der Waals surface area contributed by atoms with Crippen LogP contribution in [0.1, 0.15) is 27.0 Å². The molecule has 0 radical (unpaired) electrons. The first-order valence-corrected chi connectivity index (χ1v) is 7.49. The largest absolute Gasteiger partial charge is 0.496 e. The van der Waals surface area contributed by atoms with Crippen LogP contribution in [0.25, 0.3) is 6.08 Å². The summed E-state index contributed by atoms with van der Waals surface area (Å²) in [5.41, 5.74) is -0.518. The van der Waals surface area contributed by atoms with Gasteiger partial charge in [-0.15, -0.1) is 0 Å². The molecular weight excluding hydrogens is 349 g/mol. The number of allylic oxidation sites excluding steroid dienone is 1. The van der Waals surface area contributed by atoms with Gasteiger partial charge in [-0.2, -0.15) is 13.2 Å². The summed E-state index contributed by atoms with van der Waals surface area (Å²) in [6, 6.07) is 9.13. The molecule has 0 fully saturated rings. The Morgan fingerprint density at radius 3 is 2.46 bits per heavy atom. The van der Waals surface area contributed by atoms with E-state index in [9.17, 15) is 22.8 Å². The van der Waals surface area contributed by atoms with E-state index in [0.717, 1.165) is 18.2 Å². The highest BCUT2D eigenvalue weighted by Crippen LogP contribution is 2.32. The second-order valence-corrected chi connectivity index (χ2v) is 5.38. The third-order valence-corrected chi connectivity index (χ3v) is 3.59. The highest BCUT2D eigenvalue weighted by atomic mass is 19.4. The van der Waals surface area contributed by atoms with Crippen molar-refractivity contribution < 1.29 is 32.6 Å². The highest BCUT2D eigenvalue weighted by Gasteiger charge is 2.32. The first-order chi connectivity index (χ1) is 12.2. The van der Waals surface area contributed by atoms with Gasteiger partial charge in [-0.1, -0.05) is 24.3 Å². The van der Waals surface area contributed by atoms with Crippen molar-refractivity contribution in [2.75, 3.05) is 7.11 Å². The molecule has 0 saturated carbocycles. The summed E-state index contributed by atoms with van der Waals surface area (Å²) in [4.78, 5) is 23.2. The van der Waals surface area contributed by atoms with Crippen LogP contribution < -0.4 is 4.74 Å². The van der Waals surface area contributed by atoms with Crippen molar-refractivity contribution in [1.82, 2.24) is 0 Å². The lowest BCUT2D eigenvalue weighted by Gasteiger charge is -2.10. The van der Waals surface area contributed by atoms with Gasteiger partial charge in [0.15, 0.2) is 5.78 Å². The van der Waals surface area contributed by atoms with Crippen LogP contribution in [-0.4, -0.2) is 24.0 Å². The van der Waals surface area contributed by atoms with Gasteiger partial charge in [0.05, 0.1) is 19.1 Å². The van der Waals surface area contributed by atoms with E-state index in [0.29, 0.717) is 11.3 Å². The predicted octanol–water partition coefficient (Wildman–Crippen LogP) is 4.24. The molecule has 7 heteroatoms. The minimum absolute atomic E-state index is 0.132. The van der Waals surface area contributed by atoms with Gasteiger partial charge in [-0.3, -0.25) is 9.59 Å². The molecule has 0 aliphatic rings. The Hall–Kier alpha value is -3.09. The van der Waals surface area contributed by atoms with Gasteiger partial charge in [0.2, 0.25) is 0 Å². The molecule has 0 aromatic heterocycles. The molecule has 1 N–H and O–H groups in total. The minimum Gasteiger partial charge on any atom is -0.496 e. The summed E-state index contributed by atoms with van der Waals surface area (Å²) < 4.78 is 43.9. The lowest BCUT2D eigenvalue weighted by atomic mass is 10.0. The van der Waals surface area contributed by atoms with Crippen LogP contribution >= 0.6 is 0 Å². The molecule has 0 atom stereocenters. The van der Waals surface area contributed by atoms with Crippen molar-refractivity contribution in [2.24, 2.45) is 0 Å². The number of carbonyl (C=O) groups excluding carboxylic acids is 1. The normalized spacial score (nSPS) is 11.5. The van der Waals surface area contributed by atoms with Crippen LogP contribution in [0.4, 0.5) is 13.2 Å². The van der Waals surface area contributed by atoms with Gasteiger partial charge in [0.1, 0.15) is 5.75 Å². The van der Waals surface area contributed by atoms with Crippen molar-refractivity contribution in [3.05, 3.63) is 70.8 Å². The van der Waals surface area contributed by atoms with Gasteiger partial charge in [0.25, 0.3) is 0 Å². The average molecular weight is 364 g/mol. The van der Waals surface area contributed by atoms with Crippen molar-refractivity contribution in [1.29, 1.82) is 0 Å². The van der Waals surface area contributed by atoms with Crippen LogP contribution in [0.15, 0.2) is 48.5 Å². The molecule has 4 nitrogen and oxygen atoms in total. The maximum absolute atomic E-state index is 13.0. The SMILES string of the molecule is COc1ccc(C(=O)/C=C/c2ccccc2C(F)(F)F)cc1CC(=O)O. The molecule has 0 amide bonds. The number of benzene rings is 2. The fourth-order valence-corrected chi connectivity index (χ4v) is 2.40. The van der Waals surface area contributed by atoms with E-state index in [1.165, 1.54) is 43.5 Å². The van der Waals surface area contributed by atoms with E-state index in [2.05, 4.69) is 0 Å². The number of rotatable bonds is 6. The highest BCUT2D eigenvalue weighted by molar-refractivity contribution is 6.07. The Balaban J connectivity index is 2.31. The smallest absolute Gasteiger partial charge is 0.416 e. The van der Waals surface area contributed by atoms with E-state index >= 15 is 0 Å². The Morgan fingerprint density at radius 2 is 1.85 bits per heavy atom. The number of aliphatic carboxylic acids is 1. The molecule has 136 valence electrons. The Kier molecular flexibility index (Phi) is 5.82. The summed E-state index contributed by atoms with van der Waals surface area (Å²) in [7, 11) is 1.37. The van der Waals surface area contributed by atoms with Gasteiger partial charge >= 0.3 is 12.1 Å². The van der Waals surface area contributed by atoms with Crippen LogP contribution in [0.2, 0.25) is 0 Å². The van der Waals surface area contributed by atoms with Crippen molar-refractivity contribution in [3.8, 4) is 5.75 Å². The number of hydrogen-bond acceptors (Lipinski definition) is 3. The van der Waals surface area contributed by atoms with E-state index in [-0.39, 0.29) is 17.5 Å². The Labute approximate surface area is 147 Å². The Morgan fingerprint density at radius 1 is 1.15 bits per heavy atom. The molecule has 0 bridgehead atoms. The fraction of sp³-hybridized carbons (Fsp3) is 0.158. The lowest BCUT2D eigenvalue weighted by Crippen LogP contribution is -2.07. The molecule has 0 spiro atoms. The second-order valence-electron chi connectivity index (χ2n) is 5.38. The van der Waals surface area contributed by atoms with Crippen LogP contribution in [0.3, 0.4) is 0 Å². The molecule has 0 aliphatic carbocycles. The summed E-state index contributed by atoms with van der Waals surface area (Å²) in [5.74, 6) is -1.32. The predicted molar refractivity (Wildman–Crippen MR) is 89.1 cm³/mol. The topological polar surface area (TPSA) is 63.6 Å². The summed E-state index contributed by atoms with van der Waals surface area (Å²) >= 11 is 0. The number of alkyl halides is 3. The maximum Gasteiger partial charge on any atom is 0.416 e. The number of carbonyl (C=O) groups is 2. The molecule has 2 aromatic rings. The number of ketones is 1. The molecule has 0 heterocycles. The Bertz CT molecular complexity index is 854. The molecular formula is C19H15F3O4. The number of hydrogen-bond donors (Lipinski definition) is 1. The zero-order valence-electron chi connectivity index (χ0n) is 13.7. The number of ether oxygens (including phenoxy) is 1. The van der Waals surface area contributed by atoms with Crippen LogP contribution in [-0.2, 0) is 17.4 Å². The first kappa shape index (κ1) is 19.2. The van der Waals surface area contributed by atoms with E-state index in [1.54, 1.807) is 0 Å². The van der Waals surface area contributed by atoms with Crippen molar-refractivity contribution in [2.45, 2.75) is 12.6 Å². The minimum atomic E-state index is -4.53. The van der Waals surface area contributed by atoms with E-state index in [1.807, 2.05) is 0 Å². The third kappa shape index (κ3) is 4.72. The molecule has 0 aliphatic heterocycles. The van der Waals surface area contributed by atoms with Gasteiger partial charge < -0.3 is 9.84 Å².